The highest BCUT2D eigenvalue weighted by molar-refractivity contribution is 5.79. The van der Waals surface area contributed by atoms with Crippen LogP contribution < -0.4 is 4.74 Å². The van der Waals surface area contributed by atoms with E-state index in [0.29, 0.717) is 11.3 Å². The minimum absolute atomic E-state index is 0.0841. The second-order valence-corrected chi connectivity index (χ2v) is 5.45. The van der Waals surface area contributed by atoms with E-state index in [1.165, 1.54) is 24.3 Å². The maximum absolute atomic E-state index is 12.9. The molecule has 0 aliphatic rings. The first-order chi connectivity index (χ1) is 10.9. The molecule has 0 saturated carbocycles. The van der Waals surface area contributed by atoms with Gasteiger partial charge in [0, 0.05) is 0 Å². The third kappa shape index (κ3) is 4.55. The highest BCUT2D eigenvalue weighted by atomic mass is 19.1. The van der Waals surface area contributed by atoms with Crippen LogP contribution in [0.3, 0.4) is 0 Å². The molecule has 0 aliphatic carbocycles. The Morgan fingerprint density at radius 3 is 2.30 bits per heavy atom. The average Bonchev–Trinajstić information content (AvgIpc) is 2.55. The molecular weight excluding hydrogens is 297 g/mol. The van der Waals surface area contributed by atoms with Crippen molar-refractivity contribution < 1.29 is 18.7 Å². The van der Waals surface area contributed by atoms with Gasteiger partial charge in [0.25, 0.3) is 0 Å². The molecule has 0 amide bonds. The number of carbonyl (C=O) groups is 1. The molecule has 0 N–H and O–H groups in total. The van der Waals surface area contributed by atoms with E-state index in [9.17, 15) is 9.18 Å². The molecule has 0 saturated heterocycles. The van der Waals surface area contributed by atoms with Gasteiger partial charge < -0.3 is 9.47 Å². The van der Waals surface area contributed by atoms with E-state index in [1.807, 2.05) is 6.07 Å². The maximum atomic E-state index is 12.9. The van der Waals surface area contributed by atoms with Gasteiger partial charge in [-0.25, -0.2) is 9.18 Å². The summed E-state index contributed by atoms with van der Waals surface area (Å²) < 4.78 is 23.7. The molecule has 23 heavy (non-hydrogen) atoms. The molecule has 0 unspecified atom stereocenters. The summed E-state index contributed by atoms with van der Waals surface area (Å²) in [7, 11) is 0. The van der Waals surface area contributed by atoms with Crippen LogP contribution in [0.5, 0.6) is 5.75 Å². The normalized spacial score (nSPS) is 10.7. The van der Waals surface area contributed by atoms with Gasteiger partial charge in [-0.1, -0.05) is 12.1 Å². The van der Waals surface area contributed by atoms with Gasteiger partial charge in [-0.05, 0) is 55.8 Å². The second-order valence-electron chi connectivity index (χ2n) is 5.45. The summed E-state index contributed by atoms with van der Waals surface area (Å²) in [6, 6.07) is 14.2. The molecule has 2 aromatic rings. The van der Waals surface area contributed by atoms with Crippen LogP contribution in [0.2, 0.25) is 0 Å². The first-order valence-corrected chi connectivity index (χ1v) is 7.01. The van der Waals surface area contributed by atoms with Gasteiger partial charge in [0.2, 0.25) is 0 Å². The number of ether oxygens (including phenoxy) is 2. The zero-order valence-electron chi connectivity index (χ0n) is 12.9. The molecular formula is C18H16FNO3. The van der Waals surface area contributed by atoms with Crippen LogP contribution in [0.4, 0.5) is 4.39 Å². The predicted octanol–water partition coefficient (Wildman–Crippen LogP) is 3.60. The zero-order chi connectivity index (χ0) is 16.9. The van der Waals surface area contributed by atoms with Crippen molar-refractivity contribution in [3.63, 3.8) is 0 Å². The quantitative estimate of drug-likeness (QED) is 0.791. The number of hydrogen-bond donors (Lipinski definition) is 0. The smallest absolute Gasteiger partial charge is 0.350 e. The number of esters is 1. The Hall–Kier alpha value is -2.87. The van der Waals surface area contributed by atoms with Crippen LogP contribution in [0.15, 0.2) is 48.5 Å². The van der Waals surface area contributed by atoms with Crippen molar-refractivity contribution in [1.29, 1.82) is 5.26 Å². The van der Waals surface area contributed by atoms with Crippen molar-refractivity contribution >= 4 is 5.97 Å². The standard InChI is InChI=1S/C18H16FNO3/c1-18(2,23-16-9-7-15(19)8-10-16)17(21)22-12-14-5-3-13(11-20)4-6-14/h3-10H,12H2,1-2H3. The molecule has 0 atom stereocenters. The largest absolute Gasteiger partial charge is 0.476 e. The maximum Gasteiger partial charge on any atom is 0.350 e. The lowest BCUT2D eigenvalue weighted by molar-refractivity contribution is -0.160. The first kappa shape index (κ1) is 16.5. The van der Waals surface area contributed by atoms with Crippen LogP contribution in [0.25, 0.3) is 0 Å². The molecule has 2 aromatic carbocycles. The molecule has 0 heterocycles. The van der Waals surface area contributed by atoms with Crippen molar-refractivity contribution in [2.24, 2.45) is 0 Å². The fourth-order valence-electron chi connectivity index (χ4n) is 1.84. The first-order valence-electron chi connectivity index (χ1n) is 7.01. The van der Waals surface area contributed by atoms with E-state index in [4.69, 9.17) is 14.7 Å². The van der Waals surface area contributed by atoms with E-state index in [0.717, 1.165) is 5.56 Å². The summed E-state index contributed by atoms with van der Waals surface area (Å²) in [5.74, 6) is -0.531. The molecule has 5 heteroatoms. The summed E-state index contributed by atoms with van der Waals surface area (Å²) in [6.07, 6.45) is 0. The Morgan fingerprint density at radius 1 is 1.13 bits per heavy atom. The summed E-state index contributed by atoms with van der Waals surface area (Å²) >= 11 is 0. The highest BCUT2D eigenvalue weighted by Crippen LogP contribution is 2.20. The molecule has 118 valence electrons. The van der Waals surface area contributed by atoms with Gasteiger partial charge in [0.15, 0.2) is 5.60 Å². The Morgan fingerprint density at radius 2 is 1.74 bits per heavy atom. The van der Waals surface area contributed by atoms with Crippen molar-refractivity contribution in [1.82, 2.24) is 0 Å². The number of benzene rings is 2. The minimum atomic E-state index is -1.20. The van der Waals surface area contributed by atoms with E-state index in [2.05, 4.69) is 0 Å². The van der Waals surface area contributed by atoms with Crippen LogP contribution in [-0.4, -0.2) is 11.6 Å². The van der Waals surface area contributed by atoms with Gasteiger partial charge in [-0.2, -0.15) is 5.26 Å². The van der Waals surface area contributed by atoms with Crippen LogP contribution in [-0.2, 0) is 16.1 Å². The van der Waals surface area contributed by atoms with Crippen molar-refractivity contribution in [2.45, 2.75) is 26.1 Å². The molecule has 4 nitrogen and oxygen atoms in total. The average molecular weight is 313 g/mol. The fraction of sp³-hybridized carbons (Fsp3) is 0.222. The Kier molecular flexibility index (Phi) is 4.97. The summed E-state index contributed by atoms with van der Waals surface area (Å²) in [6.45, 7) is 3.25. The van der Waals surface area contributed by atoms with Crippen molar-refractivity contribution in [2.75, 3.05) is 0 Å². The molecule has 0 spiro atoms. The number of hydrogen-bond acceptors (Lipinski definition) is 4. The third-order valence-corrected chi connectivity index (χ3v) is 3.13. The lowest BCUT2D eigenvalue weighted by Gasteiger charge is -2.24. The fourth-order valence-corrected chi connectivity index (χ4v) is 1.84. The van der Waals surface area contributed by atoms with Gasteiger partial charge in [0.05, 0.1) is 11.6 Å². The number of halogens is 1. The van der Waals surface area contributed by atoms with Crippen LogP contribution >= 0.6 is 0 Å². The third-order valence-electron chi connectivity index (χ3n) is 3.13. The number of carbonyl (C=O) groups excluding carboxylic acids is 1. The van der Waals surface area contributed by atoms with Gasteiger partial charge in [0.1, 0.15) is 18.2 Å². The number of nitriles is 1. The zero-order valence-corrected chi connectivity index (χ0v) is 12.9. The summed E-state index contributed by atoms with van der Waals surface area (Å²) in [4.78, 5) is 12.2. The minimum Gasteiger partial charge on any atom is -0.476 e. The molecule has 2 rings (SSSR count). The Bertz CT molecular complexity index is 715. The van der Waals surface area contributed by atoms with Crippen molar-refractivity contribution in [3.8, 4) is 11.8 Å². The summed E-state index contributed by atoms with van der Waals surface area (Å²) in [5, 5.41) is 8.74. The Balaban J connectivity index is 1.95. The highest BCUT2D eigenvalue weighted by Gasteiger charge is 2.31. The topological polar surface area (TPSA) is 59.3 Å². The molecule has 0 aromatic heterocycles. The summed E-state index contributed by atoms with van der Waals surface area (Å²) in [5.41, 5.74) is 0.111. The Labute approximate surface area is 134 Å². The lowest BCUT2D eigenvalue weighted by Crippen LogP contribution is -2.39. The second kappa shape index (κ2) is 6.93. The van der Waals surface area contributed by atoms with E-state index < -0.39 is 11.6 Å². The molecule has 0 bridgehead atoms. The SMILES string of the molecule is CC(C)(Oc1ccc(F)cc1)C(=O)OCc1ccc(C#N)cc1. The van der Waals surface area contributed by atoms with E-state index >= 15 is 0 Å². The van der Waals surface area contributed by atoms with E-state index in [-0.39, 0.29) is 12.4 Å². The predicted molar refractivity (Wildman–Crippen MR) is 82.1 cm³/mol. The van der Waals surface area contributed by atoms with Crippen molar-refractivity contribution in [3.05, 3.63) is 65.5 Å². The van der Waals surface area contributed by atoms with Crippen LogP contribution in [0.1, 0.15) is 25.0 Å². The number of rotatable bonds is 5. The van der Waals surface area contributed by atoms with Crippen LogP contribution in [0, 0.1) is 17.1 Å². The van der Waals surface area contributed by atoms with Gasteiger partial charge in [-0.15, -0.1) is 0 Å². The lowest BCUT2D eigenvalue weighted by atomic mass is 10.1. The van der Waals surface area contributed by atoms with E-state index in [1.54, 1.807) is 38.1 Å². The molecule has 0 radical (unpaired) electrons. The molecule has 0 aliphatic heterocycles. The molecule has 0 fully saturated rings. The van der Waals surface area contributed by atoms with Gasteiger partial charge >= 0.3 is 5.97 Å². The number of nitrogens with zero attached hydrogens (tertiary/aromatic N) is 1. The monoisotopic (exact) mass is 313 g/mol. The van der Waals surface area contributed by atoms with Gasteiger partial charge in [-0.3, -0.25) is 0 Å².